The largest absolute Gasteiger partial charge is 0.493 e. The van der Waals surface area contributed by atoms with Crippen molar-refractivity contribution in [3.8, 4) is 5.75 Å². The molecule has 0 saturated heterocycles. The van der Waals surface area contributed by atoms with Crippen LogP contribution in [0.5, 0.6) is 5.75 Å². The van der Waals surface area contributed by atoms with Crippen molar-refractivity contribution in [2.75, 3.05) is 20.3 Å². The van der Waals surface area contributed by atoms with Gasteiger partial charge in [0.2, 0.25) is 0 Å². The average molecular weight is 211 g/mol. The van der Waals surface area contributed by atoms with Gasteiger partial charge in [-0.2, -0.15) is 0 Å². The van der Waals surface area contributed by atoms with Gasteiger partial charge in [0.15, 0.2) is 0 Å². The van der Waals surface area contributed by atoms with E-state index in [0.29, 0.717) is 12.4 Å². The highest BCUT2D eigenvalue weighted by Gasteiger charge is 1.96. The van der Waals surface area contributed by atoms with Crippen LogP contribution >= 0.6 is 0 Å². The summed E-state index contributed by atoms with van der Waals surface area (Å²) in [5, 5.41) is 0. The predicted octanol–water partition coefficient (Wildman–Crippen LogP) is 2.82. The molecule has 0 aliphatic carbocycles. The second kappa shape index (κ2) is 7.23. The van der Waals surface area contributed by atoms with E-state index in [9.17, 15) is 4.39 Å². The van der Waals surface area contributed by atoms with E-state index < -0.39 is 0 Å². The van der Waals surface area contributed by atoms with Crippen molar-refractivity contribution in [1.29, 1.82) is 0 Å². The maximum absolute atomic E-state index is 12.7. The molecule has 0 spiro atoms. The summed E-state index contributed by atoms with van der Waals surface area (Å²) >= 11 is 0. The maximum Gasteiger partial charge on any atom is 0.134 e. The van der Waals surface area contributed by atoms with E-state index in [-0.39, 0.29) is 5.82 Å². The molecule has 0 N–H and O–H groups in total. The quantitative estimate of drug-likeness (QED) is 0.646. The van der Waals surface area contributed by atoms with Crippen LogP contribution in [0.25, 0.3) is 0 Å². The molecule has 1 aromatic carbocycles. The highest BCUT2D eigenvalue weighted by atomic mass is 19.1. The van der Waals surface area contributed by atoms with Crippen LogP contribution in [0.15, 0.2) is 18.2 Å². The second-order valence-corrected chi connectivity index (χ2v) is 3.27. The van der Waals surface area contributed by atoms with Crippen LogP contribution < -0.4 is 4.74 Å². The van der Waals surface area contributed by atoms with Crippen molar-refractivity contribution < 1.29 is 13.9 Å². The lowest BCUT2D eigenvalue weighted by molar-refractivity contribution is 0.189. The third-order valence-electron chi connectivity index (χ3n) is 2.00. The van der Waals surface area contributed by atoms with Gasteiger partial charge in [-0.1, -0.05) is 0 Å². The Bertz CT molecular complexity index is 276. The molecular weight excluding hydrogens is 195 g/mol. The molecule has 1 radical (unpaired) electrons. The Morgan fingerprint density at radius 2 is 2.07 bits per heavy atom. The minimum atomic E-state index is -0.383. The third-order valence-corrected chi connectivity index (χ3v) is 2.00. The van der Waals surface area contributed by atoms with Gasteiger partial charge in [-0.15, -0.1) is 0 Å². The molecule has 1 rings (SSSR count). The first-order valence-electron chi connectivity index (χ1n) is 5.12. The molecule has 0 atom stereocenters. The van der Waals surface area contributed by atoms with Crippen LogP contribution in [-0.2, 0) is 4.74 Å². The molecule has 0 saturated carbocycles. The Labute approximate surface area is 90.0 Å². The SMILES string of the molecule is COCCCCCOc1cc[c]c(F)c1. The van der Waals surface area contributed by atoms with Gasteiger partial charge in [0.25, 0.3) is 0 Å². The number of unbranched alkanes of at least 4 members (excludes halogenated alkanes) is 2. The Balaban J connectivity index is 2.10. The highest BCUT2D eigenvalue weighted by molar-refractivity contribution is 5.21. The van der Waals surface area contributed by atoms with Crippen molar-refractivity contribution in [3.63, 3.8) is 0 Å². The lowest BCUT2D eigenvalue weighted by atomic mass is 10.2. The average Bonchev–Trinajstić information content (AvgIpc) is 2.23. The van der Waals surface area contributed by atoms with E-state index in [2.05, 4.69) is 6.07 Å². The first kappa shape index (κ1) is 12.0. The number of rotatable bonds is 7. The summed E-state index contributed by atoms with van der Waals surface area (Å²) < 4.78 is 23.0. The van der Waals surface area contributed by atoms with Gasteiger partial charge in [-0.3, -0.25) is 0 Å². The number of halogens is 1. The van der Waals surface area contributed by atoms with Gasteiger partial charge in [-0.25, -0.2) is 4.39 Å². The number of hydrogen-bond acceptors (Lipinski definition) is 2. The molecule has 0 aromatic heterocycles. The minimum Gasteiger partial charge on any atom is -0.493 e. The van der Waals surface area contributed by atoms with Crippen molar-refractivity contribution in [3.05, 3.63) is 30.1 Å². The van der Waals surface area contributed by atoms with Crippen LogP contribution in [0, 0.1) is 11.9 Å². The lowest BCUT2D eigenvalue weighted by Gasteiger charge is -2.05. The number of benzene rings is 1. The fourth-order valence-electron chi connectivity index (χ4n) is 1.22. The van der Waals surface area contributed by atoms with Crippen LogP contribution in [0.1, 0.15) is 19.3 Å². The second-order valence-electron chi connectivity index (χ2n) is 3.27. The molecular formula is C12H16FO2. The van der Waals surface area contributed by atoms with E-state index in [0.717, 1.165) is 25.9 Å². The molecule has 0 amide bonds. The minimum absolute atomic E-state index is 0.383. The normalized spacial score (nSPS) is 10.3. The van der Waals surface area contributed by atoms with E-state index in [1.165, 1.54) is 12.1 Å². The van der Waals surface area contributed by atoms with Gasteiger partial charge >= 0.3 is 0 Å². The standard InChI is InChI=1S/C12H16FO2/c1-14-8-3-2-4-9-15-12-7-5-6-11(13)10-12/h5,7,10H,2-4,8-9H2,1H3. The zero-order valence-electron chi connectivity index (χ0n) is 8.96. The van der Waals surface area contributed by atoms with Gasteiger partial charge in [-0.05, 0) is 31.4 Å². The Morgan fingerprint density at radius 3 is 2.80 bits per heavy atom. The van der Waals surface area contributed by atoms with Crippen molar-refractivity contribution >= 4 is 0 Å². The summed E-state index contributed by atoms with van der Waals surface area (Å²) in [7, 11) is 1.69. The molecule has 0 aliphatic heterocycles. The molecule has 2 nitrogen and oxygen atoms in total. The molecule has 0 heterocycles. The fourth-order valence-corrected chi connectivity index (χ4v) is 1.22. The van der Waals surface area contributed by atoms with Crippen LogP contribution in [-0.4, -0.2) is 20.3 Å². The van der Waals surface area contributed by atoms with E-state index in [4.69, 9.17) is 9.47 Å². The zero-order chi connectivity index (χ0) is 10.9. The molecule has 1 aromatic rings. The van der Waals surface area contributed by atoms with Crippen molar-refractivity contribution in [2.24, 2.45) is 0 Å². The van der Waals surface area contributed by atoms with E-state index >= 15 is 0 Å². The molecule has 0 bridgehead atoms. The molecule has 0 unspecified atom stereocenters. The van der Waals surface area contributed by atoms with Gasteiger partial charge in [0.05, 0.1) is 6.61 Å². The zero-order valence-corrected chi connectivity index (χ0v) is 8.96. The summed E-state index contributed by atoms with van der Waals surface area (Å²) in [6.07, 6.45) is 3.07. The highest BCUT2D eigenvalue weighted by Crippen LogP contribution is 2.12. The van der Waals surface area contributed by atoms with Crippen LogP contribution in [0.4, 0.5) is 4.39 Å². The maximum atomic E-state index is 12.7. The molecule has 0 fully saturated rings. The van der Waals surface area contributed by atoms with E-state index in [1.807, 2.05) is 0 Å². The number of hydrogen-bond donors (Lipinski definition) is 0. The fraction of sp³-hybridized carbons (Fsp3) is 0.500. The number of ether oxygens (including phenoxy) is 2. The van der Waals surface area contributed by atoms with Crippen molar-refractivity contribution in [1.82, 2.24) is 0 Å². The molecule has 3 heteroatoms. The summed E-state index contributed by atoms with van der Waals surface area (Å²) in [5.41, 5.74) is 0. The smallest absolute Gasteiger partial charge is 0.134 e. The third kappa shape index (κ3) is 5.37. The summed E-state index contributed by atoms with van der Waals surface area (Å²) in [6, 6.07) is 7.00. The summed E-state index contributed by atoms with van der Waals surface area (Å²) in [6.45, 7) is 1.40. The Morgan fingerprint density at radius 1 is 1.27 bits per heavy atom. The topological polar surface area (TPSA) is 18.5 Å². The molecule has 0 aliphatic rings. The Kier molecular flexibility index (Phi) is 5.78. The van der Waals surface area contributed by atoms with Gasteiger partial charge < -0.3 is 9.47 Å². The predicted molar refractivity (Wildman–Crippen MR) is 56.5 cm³/mol. The summed E-state index contributed by atoms with van der Waals surface area (Å²) in [5.74, 6) is 0.185. The molecule has 15 heavy (non-hydrogen) atoms. The van der Waals surface area contributed by atoms with Gasteiger partial charge in [0.1, 0.15) is 11.6 Å². The first-order chi connectivity index (χ1) is 7.33. The van der Waals surface area contributed by atoms with E-state index in [1.54, 1.807) is 13.2 Å². The number of methoxy groups -OCH3 is 1. The van der Waals surface area contributed by atoms with Crippen molar-refractivity contribution in [2.45, 2.75) is 19.3 Å². The monoisotopic (exact) mass is 211 g/mol. The van der Waals surface area contributed by atoms with Crippen LogP contribution in [0.3, 0.4) is 0 Å². The Hall–Kier alpha value is -1.09. The van der Waals surface area contributed by atoms with Gasteiger partial charge in [0, 0.05) is 25.8 Å². The van der Waals surface area contributed by atoms with Crippen LogP contribution in [0.2, 0.25) is 0 Å². The first-order valence-corrected chi connectivity index (χ1v) is 5.12. The molecule has 83 valence electrons. The summed E-state index contributed by atoms with van der Waals surface area (Å²) in [4.78, 5) is 0. The lowest BCUT2D eigenvalue weighted by Crippen LogP contribution is -1.98.